The lowest BCUT2D eigenvalue weighted by Crippen LogP contribution is -1.96. The molecule has 4 nitrogen and oxygen atoms in total. The molecule has 2 aromatic heterocycles. The van der Waals surface area contributed by atoms with Gasteiger partial charge in [0.2, 0.25) is 0 Å². The Bertz CT molecular complexity index is 727. The van der Waals surface area contributed by atoms with Crippen LogP contribution in [0.4, 0.5) is 0 Å². The quantitative estimate of drug-likeness (QED) is 0.667. The summed E-state index contributed by atoms with van der Waals surface area (Å²) in [5, 5.41) is 0. The van der Waals surface area contributed by atoms with Gasteiger partial charge in [0.25, 0.3) is 0 Å². The van der Waals surface area contributed by atoms with Crippen LogP contribution in [0.3, 0.4) is 0 Å². The average molecular weight is 242 g/mol. The SMILES string of the molecule is Cc1nc(=S)c2ncn(-c3ccccc3)c2[nH]1. The van der Waals surface area contributed by atoms with Crippen molar-refractivity contribution in [1.82, 2.24) is 19.5 Å². The molecular formula is C12H10N4S. The molecule has 0 aliphatic heterocycles. The molecule has 0 saturated carbocycles. The molecule has 0 fully saturated rings. The Balaban J connectivity index is 2.36. The van der Waals surface area contributed by atoms with Crippen molar-refractivity contribution in [3.8, 4) is 5.69 Å². The molecule has 0 amide bonds. The number of H-pyrrole nitrogens is 1. The van der Waals surface area contributed by atoms with Crippen molar-refractivity contribution in [2.75, 3.05) is 0 Å². The molecule has 3 aromatic rings. The summed E-state index contributed by atoms with van der Waals surface area (Å²) < 4.78 is 2.51. The first kappa shape index (κ1) is 10.2. The number of benzene rings is 1. The third-order valence-corrected chi connectivity index (χ3v) is 2.86. The standard InChI is InChI=1S/C12H10N4S/c1-8-14-11-10(12(17)15-8)13-7-16(11)9-5-3-2-4-6-9/h2-7H,1H3,(H,14,15,17). The highest BCUT2D eigenvalue weighted by Crippen LogP contribution is 2.16. The summed E-state index contributed by atoms with van der Waals surface area (Å²) in [5.74, 6) is 0.792. The number of hydrogen-bond donors (Lipinski definition) is 1. The molecule has 0 aliphatic rings. The van der Waals surface area contributed by atoms with Gasteiger partial charge in [-0.2, -0.15) is 0 Å². The summed E-state index contributed by atoms with van der Waals surface area (Å²) in [4.78, 5) is 11.7. The fourth-order valence-corrected chi connectivity index (χ4v) is 2.10. The predicted octanol–water partition coefficient (Wildman–Crippen LogP) is 2.79. The molecule has 0 bridgehead atoms. The molecule has 1 N–H and O–H groups in total. The minimum absolute atomic E-state index is 0.533. The first-order chi connectivity index (χ1) is 8.25. The van der Waals surface area contributed by atoms with E-state index < -0.39 is 0 Å². The van der Waals surface area contributed by atoms with Gasteiger partial charge in [0.05, 0.1) is 0 Å². The number of aryl methyl sites for hydroxylation is 1. The van der Waals surface area contributed by atoms with Crippen LogP contribution in [0, 0.1) is 11.6 Å². The Labute approximate surface area is 103 Å². The van der Waals surface area contributed by atoms with Crippen LogP contribution in [0.15, 0.2) is 36.7 Å². The largest absolute Gasteiger partial charge is 0.328 e. The Hall–Kier alpha value is -2.01. The van der Waals surface area contributed by atoms with Gasteiger partial charge in [0.1, 0.15) is 23.3 Å². The molecule has 0 saturated heterocycles. The lowest BCUT2D eigenvalue weighted by Gasteiger charge is -2.03. The molecule has 84 valence electrons. The highest BCUT2D eigenvalue weighted by Gasteiger charge is 2.07. The molecule has 0 atom stereocenters. The highest BCUT2D eigenvalue weighted by molar-refractivity contribution is 7.71. The number of imidazole rings is 1. The first-order valence-corrected chi connectivity index (χ1v) is 5.66. The second kappa shape index (κ2) is 3.78. The maximum atomic E-state index is 5.20. The van der Waals surface area contributed by atoms with E-state index in [1.807, 2.05) is 41.8 Å². The van der Waals surface area contributed by atoms with E-state index in [0.717, 1.165) is 22.7 Å². The minimum atomic E-state index is 0.533. The highest BCUT2D eigenvalue weighted by atomic mass is 32.1. The Morgan fingerprint density at radius 1 is 1.24 bits per heavy atom. The number of hydrogen-bond acceptors (Lipinski definition) is 3. The van der Waals surface area contributed by atoms with Gasteiger partial charge >= 0.3 is 0 Å². The Morgan fingerprint density at radius 3 is 2.76 bits per heavy atom. The number of nitrogens with zero attached hydrogens (tertiary/aromatic N) is 3. The molecule has 5 heteroatoms. The number of aromatic amines is 1. The molecule has 0 spiro atoms. The smallest absolute Gasteiger partial charge is 0.157 e. The fourth-order valence-electron chi connectivity index (χ4n) is 1.81. The molecule has 2 heterocycles. The third kappa shape index (κ3) is 1.64. The zero-order valence-corrected chi connectivity index (χ0v) is 10.0. The Kier molecular flexibility index (Phi) is 2.26. The van der Waals surface area contributed by atoms with E-state index in [1.165, 1.54) is 0 Å². The van der Waals surface area contributed by atoms with Crippen molar-refractivity contribution in [3.05, 3.63) is 47.1 Å². The average Bonchev–Trinajstić information content (AvgIpc) is 2.74. The van der Waals surface area contributed by atoms with Crippen molar-refractivity contribution < 1.29 is 0 Å². The van der Waals surface area contributed by atoms with E-state index in [-0.39, 0.29) is 0 Å². The van der Waals surface area contributed by atoms with E-state index in [2.05, 4.69) is 15.0 Å². The number of nitrogens with one attached hydrogen (secondary N) is 1. The summed E-state index contributed by atoms with van der Waals surface area (Å²) >= 11 is 5.20. The van der Waals surface area contributed by atoms with E-state index in [0.29, 0.717) is 4.64 Å². The van der Waals surface area contributed by atoms with Crippen molar-refractivity contribution in [2.24, 2.45) is 0 Å². The lowest BCUT2D eigenvalue weighted by molar-refractivity contribution is 1.02. The van der Waals surface area contributed by atoms with Crippen LogP contribution in [0.25, 0.3) is 16.9 Å². The molecule has 0 unspecified atom stereocenters. The normalized spacial score (nSPS) is 10.9. The minimum Gasteiger partial charge on any atom is -0.328 e. The monoisotopic (exact) mass is 242 g/mol. The van der Waals surface area contributed by atoms with E-state index in [9.17, 15) is 0 Å². The predicted molar refractivity (Wildman–Crippen MR) is 68.8 cm³/mol. The second-order valence-corrected chi connectivity index (χ2v) is 4.16. The molecular weight excluding hydrogens is 232 g/mol. The van der Waals surface area contributed by atoms with Gasteiger partial charge in [-0.1, -0.05) is 30.4 Å². The molecule has 0 aliphatic carbocycles. The molecule has 3 rings (SSSR count). The van der Waals surface area contributed by atoms with Crippen molar-refractivity contribution in [3.63, 3.8) is 0 Å². The van der Waals surface area contributed by atoms with Crippen LogP contribution in [0.1, 0.15) is 5.82 Å². The van der Waals surface area contributed by atoms with Gasteiger partial charge in [0.15, 0.2) is 4.64 Å². The van der Waals surface area contributed by atoms with Crippen LogP contribution in [0.5, 0.6) is 0 Å². The van der Waals surface area contributed by atoms with E-state index in [1.54, 1.807) is 6.33 Å². The topological polar surface area (TPSA) is 46.5 Å². The number of aromatic nitrogens is 4. The van der Waals surface area contributed by atoms with Crippen LogP contribution in [-0.4, -0.2) is 19.5 Å². The molecule has 17 heavy (non-hydrogen) atoms. The lowest BCUT2D eigenvalue weighted by atomic mass is 10.3. The molecule has 0 radical (unpaired) electrons. The van der Waals surface area contributed by atoms with Gasteiger partial charge in [-0.25, -0.2) is 9.97 Å². The zero-order valence-electron chi connectivity index (χ0n) is 9.21. The van der Waals surface area contributed by atoms with Gasteiger partial charge in [-0.15, -0.1) is 0 Å². The maximum Gasteiger partial charge on any atom is 0.157 e. The van der Waals surface area contributed by atoms with Crippen molar-refractivity contribution >= 4 is 23.4 Å². The van der Waals surface area contributed by atoms with Gasteiger partial charge in [-0.05, 0) is 19.1 Å². The van der Waals surface area contributed by atoms with Crippen LogP contribution < -0.4 is 0 Å². The second-order valence-electron chi connectivity index (χ2n) is 3.77. The fraction of sp³-hybridized carbons (Fsp3) is 0.0833. The molecule has 1 aromatic carbocycles. The van der Waals surface area contributed by atoms with E-state index in [4.69, 9.17) is 12.2 Å². The number of rotatable bonds is 1. The Morgan fingerprint density at radius 2 is 2.00 bits per heavy atom. The number of para-hydroxylation sites is 1. The van der Waals surface area contributed by atoms with E-state index >= 15 is 0 Å². The van der Waals surface area contributed by atoms with Crippen LogP contribution in [-0.2, 0) is 0 Å². The van der Waals surface area contributed by atoms with Gasteiger partial charge < -0.3 is 4.98 Å². The maximum absolute atomic E-state index is 5.20. The van der Waals surface area contributed by atoms with Crippen molar-refractivity contribution in [2.45, 2.75) is 6.92 Å². The van der Waals surface area contributed by atoms with Crippen molar-refractivity contribution in [1.29, 1.82) is 0 Å². The summed E-state index contributed by atoms with van der Waals surface area (Å²) in [6, 6.07) is 10.0. The number of fused-ring (bicyclic) bond motifs is 1. The summed E-state index contributed by atoms with van der Waals surface area (Å²) in [5.41, 5.74) is 2.66. The van der Waals surface area contributed by atoms with Crippen LogP contribution in [0.2, 0.25) is 0 Å². The van der Waals surface area contributed by atoms with Gasteiger partial charge in [0, 0.05) is 5.69 Å². The first-order valence-electron chi connectivity index (χ1n) is 5.25. The third-order valence-electron chi connectivity index (χ3n) is 2.57. The zero-order chi connectivity index (χ0) is 11.8. The summed E-state index contributed by atoms with van der Waals surface area (Å²) in [6.45, 7) is 1.89. The van der Waals surface area contributed by atoms with Crippen LogP contribution >= 0.6 is 12.2 Å². The van der Waals surface area contributed by atoms with Gasteiger partial charge in [-0.3, -0.25) is 4.57 Å². The summed E-state index contributed by atoms with van der Waals surface area (Å²) in [7, 11) is 0. The summed E-state index contributed by atoms with van der Waals surface area (Å²) in [6.07, 6.45) is 1.76.